The van der Waals surface area contributed by atoms with E-state index in [0.717, 1.165) is 32.8 Å². The maximum atomic E-state index is 12.1. The van der Waals surface area contributed by atoms with Gasteiger partial charge in [-0.05, 0) is 19.9 Å². The van der Waals surface area contributed by atoms with Crippen molar-refractivity contribution in [3.8, 4) is 0 Å². The number of amides is 1. The SMILES string of the molecule is CC(CN1CCOCC1)NC(=O)c1ccn(C(C)C(=O)O)n1. The lowest BCUT2D eigenvalue weighted by molar-refractivity contribution is -0.140. The zero-order chi connectivity index (χ0) is 16.1. The Morgan fingerprint density at radius 3 is 2.73 bits per heavy atom. The van der Waals surface area contributed by atoms with E-state index < -0.39 is 12.0 Å². The quantitative estimate of drug-likeness (QED) is 0.766. The van der Waals surface area contributed by atoms with E-state index in [1.165, 1.54) is 23.9 Å². The minimum atomic E-state index is -0.990. The Bertz CT molecular complexity index is 525. The van der Waals surface area contributed by atoms with Gasteiger partial charge in [0.05, 0.1) is 13.2 Å². The van der Waals surface area contributed by atoms with Gasteiger partial charge in [0, 0.05) is 31.9 Å². The van der Waals surface area contributed by atoms with Crippen molar-refractivity contribution in [3.05, 3.63) is 18.0 Å². The van der Waals surface area contributed by atoms with Gasteiger partial charge in [-0.25, -0.2) is 4.79 Å². The largest absolute Gasteiger partial charge is 0.480 e. The number of carboxylic acids is 1. The Balaban J connectivity index is 1.87. The van der Waals surface area contributed by atoms with Crippen molar-refractivity contribution < 1.29 is 19.4 Å². The molecular weight excluding hydrogens is 288 g/mol. The van der Waals surface area contributed by atoms with Crippen LogP contribution in [0.25, 0.3) is 0 Å². The lowest BCUT2D eigenvalue weighted by Crippen LogP contribution is -2.46. The normalized spacial score (nSPS) is 18.6. The summed E-state index contributed by atoms with van der Waals surface area (Å²) in [7, 11) is 0. The van der Waals surface area contributed by atoms with Crippen molar-refractivity contribution >= 4 is 11.9 Å². The van der Waals surface area contributed by atoms with Crippen molar-refractivity contribution in [3.63, 3.8) is 0 Å². The Morgan fingerprint density at radius 1 is 1.41 bits per heavy atom. The number of morpholine rings is 1. The molecule has 1 aliphatic rings. The van der Waals surface area contributed by atoms with E-state index in [1.54, 1.807) is 0 Å². The van der Waals surface area contributed by atoms with Crippen LogP contribution in [0, 0.1) is 0 Å². The van der Waals surface area contributed by atoms with E-state index in [2.05, 4.69) is 15.3 Å². The predicted molar refractivity (Wildman–Crippen MR) is 78.8 cm³/mol. The number of hydrogen-bond acceptors (Lipinski definition) is 5. The van der Waals surface area contributed by atoms with E-state index in [1.807, 2.05) is 6.92 Å². The fourth-order valence-corrected chi connectivity index (χ4v) is 2.30. The highest BCUT2D eigenvalue weighted by Crippen LogP contribution is 2.06. The summed E-state index contributed by atoms with van der Waals surface area (Å²) in [4.78, 5) is 25.3. The van der Waals surface area contributed by atoms with Crippen molar-refractivity contribution in [2.45, 2.75) is 25.9 Å². The van der Waals surface area contributed by atoms with E-state index in [9.17, 15) is 9.59 Å². The monoisotopic (exact) mass is 310 g/mol. The number of hydrogen-bond donors (Lipinski definition) is 2. The van der Waals surface area contributed by atoms with Crippen LogP contribution in [0.15, 0.2) is 12.3 Å². The molecule has 122 valence electrons. The summed E-state index contributed by atoms with van der Waals surface area (Å²) >= 11 is 0. The summed E-state index contributed by atoms with van der Waals surface area (Å²) in [6.07, 6.45) is 1.50. The highest BCUT2D eigenvalue weighted by molar-refractivity contribution is 5.92. The number of aliphatic carboxylic acids is 1. The molecule has 0 aromatic carbocycles. The summed E-state index contributed by atoms with van der Waals surface area (Å²) in [5, 5.41) is 15.8. The number of aromatic nitrogens is 2. The third-order valence-electron chi connectivity index (χ3n) is 3.61. The molecule has 1 aliphatic heterocycles. The van der Waals surface area contributed by atoms with Crippen molar-refractivity contribution in [1.82, 2.24) is 20.0 Å². The van der Waals surface area contributed by atoms with Crippen LogP contribution in [0.3, 0.4) is 0 Å². The predicted octanol–water partition coefficient (Wildman–Crippen LogP) is -0.0208. The Labute approximate surface area is 129 Å². The number of nitrogens with zero attached hydrogens (tertiary/aromatic N) is 3. The van der Waals surface area contributed by atoms with E-state index in [4.69, 9.17) is 9.84 Å². The third-order valence-corrected chi connectivity index (χ3v) is 3.61. The molecule has 2 atom stereocenters. The zero-order valence-corrected chi connectivity index (χ0v) is 12.9. The molecule has 0 bridgehead atoms. The van der Waals surface area contributed by atoms with Crippen molar-refractivity contribution in [1.29, 1.82) is 0 Å². The Hall–Kier alpha value is -1.93. The van der Waals surface area contributed by atoms with Crippen molar-refractivity contribution in [2.75, 3.05) is 32.8 Å². The molecule has 1 fully saturated rings. The minimum absolute atomic E-state index is 0.0207. The van der Waals surface area contributed by atoms with Gasteiger partial charge in [0.25, 0.3) is 5.91 Å². The summed E-state index contributed by atoms with van der Waals surface area (Å²) < 4.78 is 6.55. The number of carboxylic acid groups (broad SMARTS) is 1. The number of carbonyl (C=O) groups excluding carboxylic acids is 1. The molecule has 1 aromatic rings. The first kappa shape index (κ1) is 16.4. The van der Waals surface area contributed by atoms with Gasteiger partial charge >= 0.3 is 5.97 Å². The van der Waals surface area contributed by atoms with Gasteiger partial charge in [0.15, 0.2) is 0 Å². The van der Waals surface area contributed by atoms with Crippen LogP contribution in [0.5, 0.6) is 0 Å². The molecule has 2 heterocycles. The zero-order valence-electron chi connectivity index (χ0n) is 12.9. The van der Waals surface area contributed by atoms with Crippen molar-refractivity contribution in [2.24, 2.45) is 0 Å². The molecule has 0 radical (unpaired) electrons. The number of ether oxygens (including phenoxy) is 1. The summed E-state index contributed by atoms with van der Waals surface area (Å²) in [5.74, 6) is -1.28. The highest BCUT2D eigenvalue weighted by atomic mass is 16.5. The first-order valence-electron chi connectivity index (χ1n) is 7.36. The maximum Gasteiger partial charge on any atom is 0.328 e. The molecule has 8 nitrogen and oxygen atoms in total. The second-order valence-corrected chi connectivity index (χ2v) is 5.48. The standard InChI is InChI=1S/C14H22N4O4/c1-10(9-17-5-7-22-8-6-17)15-13(19)12-3-4-18(16-12)11(2)14(20)21/h3-4,10-11H,5-9H2,1-2H3,(H,15,19)(H,20,21). The second-order valence-electron chi connectivity index (χ2n) is 5.48. The van der Waals surface area contributed by atoms with Gasteiger partial charge in [-0.2, -0.15) is 5.10 Å². The number of nitrogens with one attached hydrogen (secondary N) is 1. The maximum absolute atomic E-state index is 12.1. The van der Waals surface area contributed by atoms with Gasteiger partial charge in [-0.1, -0.05) is 0 Å². The van der Waals surface area contributed by atoms with E-state index in [0.29, 0.717) is 0 Å². The Morgan fingerprint density at radius 2 is 2.09 bits per heavy atom. The fraction of sp³-hybridized carbons (Fsp3) is 0.643. The molecule has 22 heavy (non-hydrogen) atoms. The highest BCUT2D eigenvalue weighted by Gasteiger charge is 2.19. The smallest absolute Gasteiger partial charge is 0.328 e. The molecule has 0 saturated carbocycles. The third kappa shape index (κ3) is 4.28. The van der Waals surface area contributed by atoms with Crippen LogP contribution in [-0.4, -0.2) is 70.6 Å². The van der Waals surface area contributed by atoms with E-state index in [-0.39, 0.29) is 17.6 Å². The first-order valence-corrected chi connectivity index (χ1v) is 7.36. The summed E-state index contributed by atoms with van der Waals surface area (Å²) in [6, 6.07) is 0.705. The average Bonchev–Trinajstić information content (AvgIpc) is 2.97. The van der Waals surface area contributed by atoms with Crippen LogP contribution in [0.1, 0.15) is 30.4 Å². The second kappa shape index (κ2) is 7.37. The van der Waals surface area contributed by atoms with Crippen LogP contribution in [-0.2, 0) is 9.53 Å². The van der Waals surface area contributed by atoms with Gasteiger partial charge in [-0.15, -0.1) is 0 Å². The molecule has 0 spiro atoms. The molecule has 1 aromatic heterocycles. The topological polar surface area (TPSA) is 96.7 Å². The Kier molecular flexibility index (Phi) is 5.51. The summed E-state index contributed by atoms with van der Waals surface area (Å²) in [5.41, 5.74) is 0.224. The molecular formula is C14H22N4O4. The van der Waals surface area contributed by atoms with Gasteiger partial charge < -0.3 is 15.2 Å². The van der Waals surface area contributed by atoms with Gasteiger partial charge in [0.1, 0.15) is 11.7 Å². The number of rotatable bonds is 6. The van der Waals surface area contributed by atoms with Crippen LogP contribution in [0.2, 0.25) is 0 Å². The molecule has 2 unspecified atom stereocenters. The number of carbonyl (C=O) groups is 2. The van der Waals surface area contributed by atoms with Crippen LogP contribution in [0.4, 0.5) is 0 Å². The minimum Gasteiger partial charge on any atom is -0.480 e. The van der Waals surface area contributed by atoms with Gasteiger partial charge in [-0.3, -0.25) is 14.4 Å². The average molecular weight is 310 g/mol. The van der Waals surface area contributed by atoms with Crippen LogP contribution >= 0.6 is 0 Å². The molecule has 2 N–H and O–H groups in total. The van der Waals surface area contributed by atoms with Crippen LogP contribution < -0.4 is 5.32 Å². The fourth-order valence-electron chi connectivity index (χ4n) is 2.30. The molecule has 8 heteroatoms. The van der Waals surface area contributed by atoms with Gasteiger partial charge in [0.2, 0.25) is 0 Å². The molecule has 1 saturated heterocycles. The van der Waals surface area contributed by atoms with E-state index >= 15 is 0 Å². The lowest BCUT2D eigenvalue weighted by Gasteiger charge is -2.29. The molecule has 1 amide bonds. The molecule has 2 rings (SSSR count). The lowest BCUT2D eigenvalue weighted by atomic mass is 10.2. The molecule has 0 aliphatic carbocycles. The summed E-state index contributed by atoms with van der Waals surface area (Å²) in [6.45, 7) is 7.37. The first-order chi connectivity index (χ1) is 10.5.